The Bertz CT molecular complexity index is 1070. The molecule has 0 aliphatic carbocycles. The van der Waals surface area contributed by atoms with E-state index < -0.39 is 0 Å². The molecule has 160 valence electrons. The van der Waals surface area contributed by atoms with Gasteiger partial charge in [0.05, 0.1) is 10.0 Å². The first-order valence-corrected chi connectivity index (χ1v) is 10.5. The Morgan fingerprint density at radius 3 is 1.68 bits per heavy atom. The van der Waals surface area contributed by atoms with Crippen molar-refractivity contribution >= 4 is 52.0 Å². The number of aromatic nitrogens is 2. The van der Waals surface area contributed by atoms with E-state index in [4.69, 9.17) is 40.5 Å². The molecule has 0 aliphatic heterocycles. The zero-order chi connectivity index (χ0) is 22.6. The number of para-hydroxylation sites is 2. The minimum Gasteiger partial charge on any atom is -0.399 e. The van der Waals surface area contributed by atoms with Crippen LogP contribution in [0.4, 0.5) is 17.2 Å². The Labute approximate surface area is 198 Å². The number of nitrogens with zero attached hydrogens (tertiary/aromatic N) is 2. The zero-order valence-corrected chi connectivity index (χ0v) is 19.5. The number of benzene rings is 2. The van der Waals surface area contributed by atoms with Crippen molar-refractivity contribution in [3.8, 4) is 0 Å². The van der Waals surface area contributed by atoms with Gasteiger partial charge in [0.15, 0.2) is 0 Å². The molecule has 0 aliphatic rings. The molecular weight excluding hydrogens is 451 g/mol. The normalized spacial score (nSPS) is 9.58. The van der Waals surface area contributed by atoms with Crippen molar-refractivity contribution < 1.29 is 0 Å². The fourth-order valence-corrected chi connectivity index (χ4v) is 2.85. The molecule has 2 aromatic heterocycles. The first-order valence-electron chi connectivity index (χ1n) is 9.37. The van der Waals surface area contributed by atoms with E-state index in [0.717, 1.165) is 22.5 Å². The van der Waals surface area contributed by atoms with Crippen LogP contribution in [-0.4, -0.2) is 9.97 Å². The first-order chi connectivity index (χ1) is 14.8. The lowest BCUT2D eigenvalue weighted by Crippen LogP contribution is -1.94. The average molecular weight is 474 g/mol. The number of aryl methyl sites for hydroxylation is 2. The molecule has 3 N–H and O–H groups in total. The summed E-state index contributed by atoms with van der Waals surface area (Å²) >= 11 is 17.2. The quantitative estimate of drug-likeness (QED) is 0.231. The lowest BCUT2D eigenvalue weighted by molar-refractivity contribution is 1.26. The molecule has 2 heterocycles. The monoisotopic (exact) mass is 472 g/mol. The number of anilines is 3. The Hall–Kier alpha value is -2.79. The third-order valence-electron chi connectivity index (χ3n) is 3.75. The standard InChI is InChI=1S/C12H11ClN2.C6H5Cl2N.C6H7N/c1-9-7-11(13)12(14-8-9)15-10-5-3-2-4-6-10;1-4-2-5(7)6(8)9-3-4;7-6-4-2-1-3-5-6/h2-8H,1H3,(H,14,15);2-3H,1H3;1-5H,7H2. The molecule has 0 saturated heterocycles. The summed E-state index contributed by atoms with van der Waals surface area (Å²) in [6, 6.07) is 23.0. The van der Waals surface area contributed by atoms with Crippen LogP contribution in [0.15, 0.2) is 85.2 Å². The van der Waals surface area contributed by atoms with Gasteiger partial charge in [-0.25, -0.2) is 9.97 Å². The summed E-state index contributed by atoms with van der Waals surface area (Å²) in [5.41, 5.74) is 9.23. The first kappa shape index (κ1) is 24.5. The third kappa shape index (κ3) is 9.26. The van der Waals surface area contributed by atoms with Gasteiger partial charge in [-0.1, -0.05) is 71.2 Å². The SMILES string of the molecule is Cc1cnc(Cl)c(Cl)c1.Cc1cnc(Nc2ccccc2)c(Cl)c1.Nc1ccccc1. The van der Waals surface area contributed by atoms with Gasteiger partial charge in [-0.2, -0.15) is 0 Å². The van der Waals surface area contributed by atoms with Crippen LogP contribution in [0.1, 0.15) is 11.1 Å². The van der Waals surface area contributed by atoms with Gasteiger partial charge < -0.3 is 11.1 Å². The highest BCUT2D eigenvalue weighted by Gasteiger charge is 2.01. The van der Waals surface area contributed by atoms with Crippen LogP contribution in [0.25, 0.3) is 0 Å². The van der Waals surface area contributed by atoms with Gasteiger partial charge in [-0.15, -0.1) is 0 Å². The predicted octanol–water partition coefficient (Wildman–Crippen LogP) is 7.75. The Morgan fingerprint density at radius 1 is 0.710 bits per heavy atom. The van der Waals surface area contributed by atoms with Crippen molar-refractivity contribution in [1.82, 2.24) is 9.97 Å². The molecule has 0 fully saturated rings. The molecule has 0 bridgehead atoms. The Balaban J connectivity index is 0.000000181. The summed E-state index contributed by atoms with van der Waals surface area (Å²) in [5, 5.41) is 4.67. The van der Waals surface area contributed by atoms with E-state index in [1.165, 1.54) is 0 Å². The zero-order valence-electron chi connectivity index (χ0n) is 17.2. The van der Waals surface area contributed by atoms with Crippen LogP contribution in [0, 0.1) is 13.8 Å². The van der Waals surface area contributed by atoms with Crippen molar-refractivity contribution in [3.05, 3.63) is 112 Å². The number of nitrogens with one attached hydrogen (secondary N) is 1. The van der Waals surface area contributed by atoms with Crippen molar-refractivity contribution in [3.63, 3.8) is 0 Å². The number of nitrogens with two attached hydrogens (primary N) is 1. The fourth-order valence-electron chi connectivity index (χ4n) is 2.25. The van der Waals surface area contributed by atoms with Gasteiger partial charge in [0.1, 0.15) is 11.0 Å². The molecule has 2 aromatic carbocycles. The number of halogens is 3. The van der Waals surface area contributed by atoms with E-state index in [1.54, 1.807) is 18.5 Å². The highest BCUT2D eigenvalue weighted by Crippen LogP contribution is 2.23. The molecule has 0 saturated carbocycles. The second kappa shape index (κ2) is 12.8. The largest absolute Gasteiger partial charge is 0.399 e. The van der Waals surface area contributed by atoms with E-state index in [9.17, 15) is 0 Å². The van der Waals surface area contributed by atoms with Crippen LogP contribution in [0.5, 0.6) is 0 Å². The molecule has 31 heavy (non-hydrogen) atoms. The van der Waals surface area contributed by atoms with Gasteiger partial charge in [0, 0.05) is 23.8 Å². The van der Waals surface area contributed by atoms with E-state index in [-0.39, 0.29) is 0 Å². The molecule has 0 unspecified atom stereocenters. The molecule has 7 heteroatoms. The number of hydrogen-bond acceptors (Lipinski definition) is 4. The van der Waals surface area contributed by atoms with Gasteiger partial charge in [0.2, 0.25) is 0 Å². The number of nitrogen functional groups attached to an aromatic ring is 1. The Morgan fingerprint density at radius 2 is 1.23 bits per heavy atom. The van der Waals surface area contributed by atoms with Crippen LogP contribution in [0.2, 0.25) is 15.2 Å². The molecule has 0 atom stereocenters. The van der Waals surface area contributed by atoms with Crippen LogP contribution < -0.4 is 11.1 Å². The summed E-state index contributed by atoms with van der Waals surface area (Å²) in [5.74, 6) is 0.688. The maximum Gasteiger partial charge on any atom is 0.149 e. The van der Waals surface area contributed by atoms with Gasteiger partial charge in [0.25, 0.3) is 0 Å². The molecular formula is C24H23Cl3N4. The molecule has 0 spiro atoms. The molecule has 4 aromatic rings. The second-order valence-corrected chi connectivity index (χ2v) is 7.70. The fraction of sp³-hybridized carbons (Fsp3) is 0.0833. The van der Waals surface area contributed by atoms with Crippen molar-refractivity contribution in [1.29, 1.82) is 0 Å². The van der Waals surface area contributed by atoms with Gasteiger partial charge in [-0.3, -0.25) is 0 Å². The van der Waals surface area contributed by atoms with Crippen LogP contribution in [-0.2, 0) is 0 Å². The smallest absolute Gasteiger partial charge is 0.149 e. The maximum atomic E-state index is 6.05. The highest BCUT2D eigenvalue weighted by molar-refractivity contribution is 6.41. The van der Waals surface area contributed by atoms with Gasteiger partial charge in [-0.05, 0) is 61.4 Å². The summed E-state index contributed by atoms with van der Waals surface area (Å²) in [6.07, 6.45) is 3.46. The molecule has 4 rings (SSSR count). The van der Waals surface area contributed by atoms with Crippen molar-refractivity contribution in [2.45, 2.75) is 13.8 Å². The molecule has 4 nitrogen and oxygen atoms in total. The maximum absolute atomic E-state index is 6.05. The van der Waals surface area contributed by atoms with E-state index in [1.807, 2.05) is 80.6 Å². The predicted molar refractivity (Wildman–Crippen MR) is 134 cm³/mol. The second-order valence-electron chi connectivity index (χ2n) is 6.53. The van der Waals surface area contributed by atoms with Crippen LogP contribution >= 0.6 is 34.8 Å². The number of hydrogen-bond donors (Lipinski definition) is 2. The molecule has 0 amide bonds. The van der Waals surface area contributed by atoms with E-state index in [2.05, 4.69) is 15.3 Å². The minimum atomic E-state index is 0.363. The Kier molecular flexibility index (Phi) is 10.1. The molecule has 0 radical (unpaired) electrons. The summed E-state index contributed by atoms with van der Waals surface area (Å²) in [4.78, 5) is 8.04. The highest BCUT2D eigenvalue weighted by atomic mass is 35.5. The lowest BCUT2D eigenvalue weighted by Gasteiger charge is -2.07. The third-order valence-corrected chi connectivity index (χ3v) is 4.72. The van der Waals surface area contributed by atoms with E-state index >= 15 is 0 Å². The number of pyridine rings is 2. The number of rotatable bonds is 2. The van der Waals surface area contributed by atoms with Crippen molar-refractivity contribution in [2.24, 2.45) is 0 Å². The average Bonchev–Trinajstić information content (AvgIpc) is 2.75. The summed E-state index contributed by atoms with van der Waals surface area (Å²) in [6.45, 7) is 3.88. The van der Waals surface area contributed by atoms with E-state index in [0.29, 0.717) is 21.0 Å². The summed E-state index contributed by atoms with van der Waals surface area (Å²) < 4.78 is 0. The summed E-state index contributed by atoms with van der Waals surface area (Å²) in [7, 11) is 0. The van der Waals surface area contributed by atoms with Crippen molar-refractivity contribution in [2.75, 3.05) is 11.1 Å². The topological polar surface area (TPSA) is 63.8 Å². The van der Waals surface area contributed by atoms with Crippen LogP contribution in [0.3, 0.4) is 0 Å². The van der Waals surface area contributed by atoms with Gasteiger partial charge >= 0.3 is 0 Å². The lowest BCUT2D eigenvalue weighted by atomic mass is 10.3. The minimum absolute atomic E-state index is 0.363.